The first-order valence-electron chi connectivity index (χ1n) is 11.1. The summed E-state index contributed by atoms with van der Waals surface area (Å²) < 4.78 is 11.2. The van der Waals surface area contributed by atoms with Gasteiger partial charge in [-0.1, -0.05) is 46.3 Å². The first kappa shape index (κ1) is 25.6. The van der Waals surface area contributed by atoms with Crippen molar-refractivity contribution in [2.24, 2.45) is 0 Å². The molecule has 1 aliphatic rings. The zero-order valence-corrected chi connectivity index (χ0v) is 22.2. The van der Waals surface area contributed by atoms with E-state index in [4.69, 9.17) is 9.47 Å². The Morgan fingerprint density at radius 2 is 1.81 bits per heavy atom. The van der Waals surface area contributed by atoms with E-state index in [1.54, 1.807) is 55.5 Å². The fourth-order valence-corrected chi connectivity index (χ4v) is 5.12. The highest BCUT2D eigenvalue weighted by molar-refractivity contribution is 9.10. The van der Waals surface area contributed by atoms with Gasteiger partial charge in [-0.25, -0.2) is 9.78 Å². The molecule has 4 rings (SSSR count). The highest BCUT2D eigenvalue weighted by Gasteiger charge is 2.48. The third-order valence-corrected chi connectivity index (χ3v) is 7.26. The number of aliphatic hydroxyl groups excluding tert-OH is 1. The number of Topliss-reactive ketones (excluding diaryl/α,β-unsaturated/α-hetero) is 1. The molecule has 2 aromatic carbocycles. The van der Waals surface area contributed by atoms with Crippen molar-refractivity contribution in [1.29, 1.82) is 0 Å². The number of carbonyl (C=O) groups is 3. The Hall–Kier alpha value is -3.50. The molecule has 0 spiro atoms. The number of amides is 1. The molecule has 0 aliphatic carbocycles. The molecule has 8 nitrogen and oxygen atoms in total. The first-order valence-corrected chi connectivity index (χ1v) is 12.7. The average Bonchev–Trinajstić information content (AvgIpc) is 3.39. The Balaban J connectivity index is 1.85. The van der Waals surface area contributed by atoms with Crippen LogP contribution in [0.25, 0.3) is 5.76 Å². The van der Waals surface area contributed by atoms with E-state index in [2.05, 4.69) is 20.9 Å². The van der Waals surface area contributed by atoms with E-state index in [0.717, 1.165) is 22.2 Å². The molecule has 0 radical (unpaired) electrons. The number of methoxy groups -OCH3 is 1. The van der Waals surface area contributed by atoms with Crippen molar-refractivity contribution >= 4 is 55.8 Å². The number of ketones is 1. The molecule has 1 aromatic heterocycles. The molecule has 0 bridgehead atoms. The number of hydrogen-bond donors (Lipinski definition) is 1. The second-order valence-electron chi connectivity index (χ2n) is 8.00. The maximum atomic E-state index is 13.3. The molecular formula is C26H23BrN2O6S. The van der Waals surface area contributed by atoms with Crippen LogP contribution in [0.3, 0.4) is 0 Å². The molecule has 1 atom stereocenters. The maximum absolute atomic E-state index is 13.3. The number of halogens is 1. The Morgan fingerprint density at radius 3 is 2.42 bits per heavy atom. The molecule has 36 heavy (non-hydrogen) atoms. The Morgan fingerprint density at radius 1 is 1.14 bits per heavy atom. The van der Waals surface area contributed by atoms with E-state index >= 15 is 0 Å². The molecule has 1 N–H and O–H groups in total. The van der Waals surface area contributed by atoms with E-state index in [-0.39, 0.29) is 21.3 Å². The van der Waals surface area contributed by atoms with Crippen LogP contribution in [0.2, 0.25) is 0 Å². The monoisotopic (exact) mass is 570 g/mol. The lowest BCUT2D eigenvalue weighted by Gasteiger charge is -2.23. The van der Waals surface area contributed by atoms with Crippen LogP contribution >= 0.6 is 27.3 Å². The number of carbonyl (C=O) groups excluding carboxylic acids is 3. The number of hydrogen-bond acceptors (Lipinski definition) is 8. The lowest BCUT2D eigenvalue weighted by molar-refractivity contribution is -0.132. The summed E-state index contributed by atoms with van der Waals surface area (Å²) in [6.45, 7) is 4.18. The summed E-state index contributed by atoms with van der Waals surface area (Å²) in [6.07, 6.45) is 0.853. The predicted molar refractivity (Wildman–Crippen MR) is 139 cm³/mol. The molecule has 186 valence electrons. The van der Waals surface area contributed by atoms with Gasteiger partial charge in [0.2, 0.25) is 0 Å². The van der Waals surface area contributed by atoms with Crippen LogP contribution in [0.5, 0.6) is 5.75 Å². The van der Waals surface area contributed by atoms with Crippen LogP contribution in [-0.2, 0) is 14.3 Å². The third kappa shape index (κ3) is 4.78. The number of nitrogens with zero attached hydrogens (tertiary/aromatic N) is 2. The summed E-state index contributed by atoms with van der Waals surface area (Å²) in [4.78, 5) is 44.6. The molecule has 1 unspecified atom stereocenters. The van der Waals surface area contributed by atoms with Gasteiger partial charge in [0.1, 0.15) is 16.4 Å². The molecule has 3 aromatic rings. The smallest absolute Gasteiger partial charge is 0.350 e. The van der Waals surface area contributed by atoms with E-state index in [0.29, 0.717) is 29.2 Å². The number of aromatic nitrogens is 1. The van der Waals surface area contributed by atoms with Gasteiger partial charge < -0.3 is 14.6 Å². The van der Waals surface area contributed by atoms with Crippen LogP contribution < -0.4 is 9.64 Å². The summed E-state index contributed by atoms with van der Waals surface area (Å²) >= 11 is 4.35. The van der Waals surface area contributed by atoms with Gasteiger partial charge in [0.25, 0.3) is 5.78 Å². The number of aryl methyl sites for hydroxylation is 1. The van der Waals surface area contributed by atoms with Crippen molar-refractivity contribution in [1.82, 2.24) is 4.98 Å². The van der Waals surface area contributed by atoms with Gasteiger partial charge in [-0.15, -0.1) is 0 Å². The van der Waals surface area contributed by atoms with Gasteiger partial charge in [-0.2, -0.15) is 0 Å². The van der Waals surface area contributed by atoms with Gasteiger partial charge in [-0.3, -0.25) is 14.5 Å². The number of ether oxygens (including phenoxy) is 2. The number of aliphatic hydroxyl groups is 1. The van der Waals surface area contributed by atoms with Gasteiger partial charge in [0, 0.05) is 10.0 Å². The van der Waals surface area contributed by atoms with Crippen molar-refractivity contribution in [2.75, 3.05) is 18.6 Å². The minimum atomic E-state index is -0.954. The van der Waals surface area contributed by atoms with E-state index in [1.165, 1.54) is 12.0 Å². The zero-order valence-electron chi connectivity index (χ0n) is 19.8. The summed E-state index contributed by atoms with van der Waals surface area (Å²) in [5, 5.41) is 11.4. The third-order valence-electron chi connectivity index (χ3n) is 5.59. The van der Waals surface area contributed by atoms with E-state index in [1.807, 2.05) is 6.92 Å². The van der Waals surface area contributed by atoms with Gasteiger partial charge in [0.15, 0.2) is 5.13 Å². The van der Waals surface area contributed by atoms with Crippen LogP contribution in [0.15, 0.2) is 58.6 Å². The average molecular weight is 571 g/mol. The highest BCUT2D eigenvalue weighted by atomic mass is 79.9. The molecular weight excluding hydrogens is 548 g/mol. The summed E-state index contributed by atoms with van der Waals surface area (Å²) in [6, 6.07) is 12.8. The molecule has 1 fully saturated rings. The normalized spacial score (nSPS) is 16.9. The minimum Gasteiger partial charge on any atom is -0.507 e. The van der Waals surface area contributed by atoms with E-state index < -0.39 is 23.7 Å². The fourth-order valence-electron chi connectivity index (χ4n) is 3.84. The second-order valence-corrected chi connectivity index (χ2v) is 9.89. The van der Waals surface area contributed by atoms with Gasteiger partial charge >= 0.3 is 11.9 Å². The maximum Gasteiger partial charge on any atom is 0.350 e. The van der Waals surface area contributed by atoms with Gasteiger partial charge in [0.05, 0.1) is 31.0 Å². The summed E-state index contributed by atoms with van der Waals surface area (Å²) in [5.74, 6) is -1.96. The highest BCUT2D eigenvalue weighted by Crippen LogP contribution is 2.44. The van der Waals surface area contributed by atoms with Crippen molar-refractivity contribution in [3.8, 4) is 5.75 Å². The number of thiazole rings is 1. The zero-order chi connectivity index (χ0) is 26.0. The van der Waals surface area contributed by atoms with Crippen LogP contribution in [0, 0.1) is 6.92 Å². The summed E-state index contributed by atoms with van der Waals surface area (Å²) in [7, 11) is 1.26. The molecule has 1 amide bonds. The number of esters is 1. The van der Waals surface area contributed by atoms with Crippen molar-refractivity contribution in [2.45, 2.75) is 26.3 Å². The van der Waals surface area contributed by atoms with E-state index in [9.17, 15) is 19.5 Å². The van der Waals surface area contributed by atoms with Crippen LogP contribution in [0.1, 0.15) is 45.9 Å². The fraction of sp³-hybridized carbons (Fsp3) is 0.231. The lowest BCUT2D eigenvalue weighted by Crippen LogP contribution is -2.29. The minimum absolute atomic E-state index is 0.0722. The molecule has 2 heterocycles. The van der Waals surface area contributed by atoms with Crippen LogP contribution in [0.4, 0.5) is 5.13 Å². The first-order chi connectivity index (χ1) is 17.3. The largest absolute Gasteiger partial charge is 0.507 e. The standard InChI is InChI=1S/C26H23BrN2O6S/c1-4-13-35-18-11-7-16(8-12-18)21(30)19-20(15-5-9-17(27)10-6-15)29(24(32)22(19)31)26-28-14(2)23(36-26)25(33)34-3/h5-12,20,30H,4,13H2,1-3H3/b21-19+. The number of rotatable bonds is 7. The quantitative estimate of drug-likeness (QED) is 0.175. The molecule has 0 saturated carbocycles. The molecule has 10 heteroatoms. The Labute approximate surface area is 220 Å². The van der Waals surface area contributed by atoms with Crippen molar-refractivity contribution < 1.29 is 29.0 Å². The lowest BCUT2D eigenvalue weighted by atomic mass is 9.95. The molecule has 1 saturated heterocycles. The van der Waals surface area contributed by atoms with Gasteiger partial charge in [-0.05, 0) is 55.3 Å². The summed E-state index contributed by atoms with van der Waals surface area (Å²) in [5.41, 5.74) is 1.26. The number of anilines is 1. The SMILES string of the molecule is CCCOc1ccc(/C(O)=C2\C(=O)C(=O)N(c3nc(C)c(C(=O)OC)s3)C2c2ccc(Br)cc2)cc1. The predicted octanol–water partition coefficient (Wildman–Crippen LogP) is 5.42. The second kappa shape index (κ2) is 10.6. The van der Waals surface area contributed by atoms with Crippen LogP contribution in [-0.4, -0.2) is 41.5 Å². The Bertz CT molecular complexity index is 1350. The van der Waals surface area contributed by atoms with Crippen molar-refractivity contribution in [3.05, 3.63) is 80.3 Å². The van der Waals surface area contributed by atoms with Crippen molar-refractivity contribution in [3.63, 3.8) is 0 Å². The molecule has 1 aliphatic heterocycles. The topological polar surface area (TPSA) is 106 Å². The Kier molecular flexibility index (Phi) is 7.56. The number of benzene rings is 2.